The van der Waals surface area contributed by atoms with Gasteiger partial charge in [0.05, 0.1) is 14.2 Å². The second-order valence-corrected chi connectivity index (χ2v) is 4.63. The van der Waals surface area contributed by atoms with Gasteiger partial charge < -0.3 is 9.47 Å². The summed E-state index contributed by atoms with van der Waals surface area (Å²) >= 11 is 0. The van der Waals surface area contributed by atoms with E-state index in [0.717, 1.165) is 22.6 Å². The summed E-state index contributed by atoms with van der Waals surface area (Å²) in [5.74, 6) is 1.78. The summed E-state index contributed by atoms with van der Waals surface area (Å²) in [7, 11) is 6.24. The maximum absolute atomic E-state index is 5.41. The Morgan fingerprint density at radius 3 is 1.56 bits per heavy atom. The van der Waals surface area contributed by atoms with Crippen LogP contribution in [0.15, 0.2) is 48.5 Å². The molecule has 1 atom stereocenters. The Morgan fingerprint density at radius 1 is 0.778 bits per heavy atom. The van der Waals surface area contributed by atoms with Crippen LogP contribution in [0.25, 0.3) is 0 Å². The molecule has 2 aromatic rings. The van der Waals surface area contributed by atoms with Crippen molar-refractivity contribution < 1.29 is 9.47 Å². The molecule has 0 radical (unpaired) electrons. The van der Waals surface area contributed by atoms with Gasteiger partial charge in [-0.3, -0.25) is 0 Å². The normalized spacial score (nSPS) is 10.4. The highest BCUT2D eigenvalue weighted by Crippen LogP contribution is 2.40. The molecular formula is C15H17O2P. The van der Waals surface area contributed by atoms with Gasteiger partial charge in [-0.2, -0.15) is 0 Å². The molecule has 0 spiro atoms. The van der Waals surface area contributed by atoms with Gasteiger partial charge in [0.2, 0.25) is 0 Å². The topological polar surface area (TPSA) is 18.5 Å². The molecule has 0 aliphatic carbocycles. The zero-order chi connectivity index (χ0) is 13.0. The minimum atomic E-state index is 0.150. The summed E-state index contributed by atoms with van der Waals surface area (Å²) < 4.78 is 10.8. The lowest BCUT2D eigenvalue weighted by atomic mass is 10.0. The van der Waals surface area contributed by atoms with E-state index in [1.54, 1.807) is 14.2 Å². The first-order valence-corrected chi connectivity index (χ1v) is 6.46. The van der Waals surface area contributed by atoms with E-state index < -0.39 is 0 Å². The van der Waals surface area contributed by atoms with Crippen molar-refractivity contribution in [3.05, 3.63) is 59.7 Å². The number of ether oxygens (including phenoxy) is 2. The zero-order valence-electron chi connectivity index (χ0n) is 10.6. The van der Waals surface area contributed by atoms with Gasteiger partial charge in [0.1, 0.15) is 11.5 Å². The number of benzene rings is 2. The van der Waals surface area contributed by atoms with E-state index in [2.05, 4.69) is 21.4 Å². The second kappa shape index (κ2) is 5.88. The molecule has 0 saturated carbocycles. The van der Waals surface area contributed by atoms with E-state index in [9.17, 15) is 0 Å². The highest BCUT2D eigenvalue weighted by Gasteiger charge is 2.16. The molecule has 0 fully saturated rings. The van der Waals surface area contributed by atoms with Gasteiger partial charge in [-0.1, -0.05) is 36.4 Å². The van der Waals surface area contributed by atoms with Crippen LogP contribution in [0.1, 0.15) is 16.8 Å². The first-order chi connectivity index (χ1) is 8.77. The third-order valence-electron chi connectivity index (χ3n) is 2.95. The summed E-state index contributed by atoms with van der Waals surface area (Å²) in [6.07, 6.45) is 0. The molecule has 94 valence electrons. The molecular weight excluding hydrogens is 243 g/mol. The minimum absolute atomic E-state index is 0.150. The number of hydrogen-bond acceptors (Lipinski definition) is 2. The molecule has 2 aromatic carbocycles. The van der Waals surface area contributed by atoms with Gasteiger partial charge in [0.15, 0.2) is 0 Å². The first-order valence-electron chi connectivity index (χ1n) is 5.79. The largest absolute Gasteiger partial charge is 0.496 e. The van der Waals surface area contributed by atoms with Crippen LogP contribution < -0.4 is 9.47 Å². The molecule has 0 aromatic heterocycles. The Kier molecular flexibility index (Phi) is 4.22. The fourth-order valence-corrected chi connectivity index (χ4v) is 2.56. The fraction of sp³-hybridized carbons (Fsp3) is 0.200. The summed E-state index contributed by atoms with van der Waals surface area (Å²) in [6, 6.07) is 16.1. The van der Waals surface area contributed by atoms with Crippen molar-refractivity contribution in [1.29, 1.82) is 0 Å². The predicted molar refractivity (Wildman–Crippen MR) is 77.5 cm³/mol. The molecule has 0 heterocycles. The molecule has 0 aliphatic heterocycles. The molecule has 0 aliphatic rings. The van der Waals surface area contributed by atoms with Crippen molar-refractivity contribution in [3.63, 3.8) is 0 Å². The molecule has 1 unspecified atom stereocenters. The number of methoxy groups -OCH3 is 2. The van der Waals surface area contributed by atoms with Crippen LogP contribution in [0.5, 0.6) is 11.5 Å². The van der Waals surface area contributed by atoms with Crippen LogP contribution in [0, 0.1) is 0 Å². The molecule has 3 heteroatoms. The van der Waals surface area contributed by atoms with Crippen LogP contribution in [0.4, 0.5) is 0 Å². The monoisotopic (exact) mass is 260 g/mol. The van der Waals surface area contributed by atoms with E-state index in [4.69, 9.17) is 9.47 Å². The summed E-state index contributed by atoms with van der Waals surface area (Å²) in [4.78, 5) is 0. The molecule has 0 bridgehead atoms. The maximum atomic E-state index is 5.41. The number of hydrogen-bond donors (Lipinski definition) is 0. The van der Waals surface area contributed by atoms with Crippen LogP contribution in [0.3, 0.4) is 0 Å². The Balaban J connectivity index is 2.44. The number of rotatable bonds is 4. The smallest absolute Gasteiger partial charge is 0.123 e. The highest BCUT2D eigenvalue weighted by atomic mass is 31.0. The molecule has 2 rings (SSSR count). The SMILES string of the molecule is COc1ccccc1C(P)c1ccccc1OC. The minimum Gasteiger partial charge on any atom is -0.496 e. The van der Waals surface area contributed by atoms with Crippen molar-refractivity contribution in [1.82, 2.24) is 0 Å². The van der Waals surface area contributed by atoms with Gasteiger partial charge in [-0.05, 0) is 12.1 Å². The average molecular weight is 260 g/mol. The summed E-state index contributed by atoms with van der Waals surface area (Å²) in [6.45, 7) is 0. The summed E-state index contributed by atoms with van der Waals surface area (Å²) in [5, 5.41) is 0. The molecule has 0 amide bonds. The molecule has 0 saturated heterocycles. The van der Waals surface area contributed by atoms with Crippen molar-refractivity contribution in [2.75, 3.05) is 14.2 Å². The van der Waals surface area contributed by atoms with Crippen LogP contribution >= 0.6 is 9.24 Å². The van der Waals surface area contributed by atoms with Gasteiger partial charge in [-0.15, -0.1) is 9.24 Å². The maximum Gasteiger partial charge on any atom is 0.123 e. The van der Waals surface area contributed by atoms with Gasteiger partial charge >= 0.3 is 0 Å². The Labute approximate surface area is 110 Å². The lowest BCUT2D eigenvalue weighted by Crippen LogP contribution is -1.99. The quantitative estimate of drug-likeness (QED) is 0.781. The van der Waals surface area contributed by atoms with Gasteiger partial charge in [0.25, 0.3) is 0 Å². The Bertz CT molecular complexity index is 478. The Morgan fingerprint density at radius 2 is 1.17 bits per heavy atom. The van der Waals surface area contributed by atoms with E-state index >= 15 is 0 Å². The summed E-state index contributed by atoms with van der Waals surface area (Å²) in [5.41, 5.74) is 2.42. The van der Waals surface area contributed by atoms with Gasteiger partial charge in [0, 0.05) is 16.8 Å². The standard InChI is InChI=1S/C15H17O2P/c1-16-13-9-5-3-7-11(13)15(18)12-8-4-6-10-14(12)17-2/h3-10,15H,18H2,1-2H3. The van der Waals surface area contributed by atoms with Crippen molar-refractivity contribution in [2.24, 2.45) is 0 Å². The highest BCUT2D eigenvalue weighted by molar-refractivity contribution is 7.17. The average Bonchev–Trinajstić information content (AvgIpc) is 2.46. The molecule has 18 heavy (non-hydrogen) atoms. The van der Waals surface area contributed by atoms with Crippen LogP contribution in [0.2, 0.25) is 0 Å². The predicted octanol–water partition coefficient (Wildman–Crippen LogP) is 3.67. The lowest BCUT2D eigenvalue weighted by molar-refractivity contribution is 0.405. The molecule has 0 N–H and O–H groups in total. The van der Waals surface area contributed by atoms with Crippen LogP contribution in [-0.2, 0) is 0 Å². The third-order valence-corrected chi connectivity index (χ3v) is 3.67. The van der Waals surface area contributed by atoms with E-state index in [1.165, 1.54) is 0 Å². The van der Waals surface area contributed by atoms with E-state index in [0.29, 0.717) is 0 Å². The van der Waals surface area contributed by atoms with Gasteiger partial charge in [-0.25, -0.2) is 0 Å². The van der Waals surface area contributed by atoms with Crippen molar-refractivity contribution in [3.8, 4) is 11.5 Å². The van der Waals surface area contributed by atoms with Crippen molar-refractivity contribution in [2.45, 2.75) is 5.66 Å². The lowest BCUT2D eigenvalue weighted by Gasteiger charge is -2.18. The third kappa shape index (κ3) is 2.49. The fourth-order valence-electron chi connectivity index (χ4n) is 2.01. The molecule has 2 nitrogen and oxygen atoms in total. The van der Waals surface area contributed by atoms with Crippen LogP contribution in [-0.4, -0.2) is 14.2 Å². The van der Waals surface area contributed by atoms with E-state index in [-0.39, 0.29) is 5.66 Å². The number of para-hydroxylation sites is 2. The van der Waals surface area contributed by atoms with E-state index in [1.807, 2.05) is 36.4 Å². The Hall–Kier alpha value is -1.53. The zero-order valence-corrected chi connectivity index (χ0v) is 11.7. The van der Waals surface area contributed by atoms with Crippen molar-refractivity contribution >= 4 is 9.24 Å². The second-order valence-electron chi connectivity index (χ2n) is 3.96. The first kappa shape index (κ1) is 12.9.